The highest BCUT2D eigenvalue weighted by Crippen LogP contribution is 2.39. The largest absolute Gasteiger partial charge is 0.362 e. The van der Waals surface area contributed by atoms with Gasteiger partial charge in [-0.25, -0.2) is 8.78 Å². The lowest BCUT2D eigenvalue weighted by Gasteiger charge is -2.30. The second kappa shape index (κ2) is 3.00. The van der Waals surface area contributed by atoms with Crippen LogP contribution < -0.4 is 0 Å². The highest BCUT2D eigenvalue weighted by molar-refractivity contribution is 5.99. The topological polar surface area (TPSA) is 40.5 Å². The van der Waals surface area contributed by atoms with Crippen molar-refractivity contribution in [1.29, 1.82) is 0 Å². The molecule has 1 aliphatic rings. The first kappa shape index (κ1) is 10.0. The zero-order valence-corrected chi connectivity index (χ0v) is 7.95. The average Bonchev–Trinajstić information content (AvgIpc) is 2.43. The molecule has 1 atom stereocenters. The average molecular weight is 213 g/mol. The molecule has 1 aromatic carbocycles. The lowest BCUT2D eigenvalue weighted by Crippen LogP contribution is -2.46. The molecule has 1 aromatic rings. The van der Waals surface area contributed by atoms with Gasteiger partial charge in [0, 0.05) is 18.2 Å². The fraction of sp³-hybridized carbons (Fsp3) is 0.300. The van der Waals surface area contributed by atoms with Crippen LogP contribution in [0.2, 0.25) is 0 Å². The van der Waals surface area contributed by atoms with Gasteiger partial charge in [0.05, 0.1) is 0 Å². The van der Waals surface area contributed by atoms with Gasteiger partial charge in [0.25, 0.3) is 12.3 Å². The number of halogens is 2. The number of aliphatic hydroxyl groups is 1. The maximum Gasteiger partial charge on any atom is 0.290 e. The Morgan fingerprint density at radius 1 is 1.40 bits per heavy atom. The number of hydrogen-bond acceptors (Lipinski definition) is 2. The maximum absolute atomic E-state index is 12.8. The predicted molar refractivity (Wildman–Crippen MR) is 48.4 cm³/mol. The van der Waals surface area contributed by atoms with E-state index in [0.29, 0.717) is 4.90 Å². The Labute approximate surface area is 84.9 Å². The third kappa shape index (κ3) is 1.10. The van der Waals surface area contributed by atoms with Gasteiger partial charge in [-0.2, -0.15) is 0 Å². The third-order valence-electron chi connectivity index (χ3n) is 2.67. The van der Waals surface area contributed by atoms with Crippen molar-refractivity contribution >= 4 is 5.91 Å². The maximum atomic E-state index is 12.8. The van der Waals surface area contributed by atoms with Crippen molar-refractivity contribution in [2.24, 2.45) is 0 Å². The van der Waals surface area contributed by atoms with Crippen LogP contribution in [0.3, 0.4) is 0 Å². The number of alkyl halides is 2. The Kier molecular flexibility index (Phi) is 2.01. The van der Waals surface area contributed by atoms with Crippen LogP contribution in [0.4, 0.5) is 8.78 Å². The Balaban J connectivity index is 2.66. The van der Waals surface area contributed by atoms with E-state index in [-0.39, 0.29) is 11.1 Å². The molecule has 2 rings (SSSR count). The summed E-state index contributed by atoms with van der Waals surface area (Å²) in [6, 6.07) is 5.85. The Morgan fingerprint density at radius 3 is 2.60 bits per heavy atom. The summed E-state index contributed by atoms with van der Waals surface area (Å²) in [5.41, 5.74) is -2.40. The fourth-order valence-corrected chi connectivity index (χ4v) is 1.77. The second-order valence-corrected chi connectivity index (χ2v) is 3.44. The van der Waals surface area contributed by atoms with Crippen molar-refractivity contribution in [2.75, 3.05) is 7.05 Å². The molecule has 15 heavy (non-hydrogen) atoms. The minimum Gasteiger partial charge on any atom is -0.362 e. The number of carbonyl (C=O) groups excluding carboxylic acids is 1. The minimum atomic E-state index is -3.03. The molecule has 5 heteroatoms. The van der Waals surface area contributed by atoms with E-state index in [1.165, 1.54) is 18.2 Å². The van der Waals surface area contributed by atoms with Crippen molar-refractivity contribution in [2.45, 2.75) is 12.2 Å². The normalized spacial score (nSPS) is 24.9. The van der Waals surface area contributed by atoms with Gasteiger partial charge >= 0.3 is 0 Å². The van der Waals surface area contributed by atoms with Crippen molar-refractivity contribution in [3.05, 3.63) is 35.4 Å². The molecule has 0 spiro atoms. The second-order valence-electron chi connectivity index (χ2n) is 3.44. The van der Waals surface area contributed by atoms with Crippen LogP contribution in [0, 0.1) is 0 Å². The van der Waals surface area contributed by atoms with Gasteiger partial charge in [0.2, 0.25) is 5.72 Å². The number of rotatable bonds is 1. The molecular weight excluding hydrogens is 204 g/mol. The zero-order valence-electron chi connectivity index (χ0n) is 7.95. The summed E-state index contributed by atoms with van der Waals surface area (Å²) in [6.45, 7) is 0. The quantitative estimate of drug-likeness (QED) is 0.761. The van der Waals surface area contributed by atoms with Crippen molar-refractivity contribution in [3.63, 3.8) is 0 Å². The van der Waals surface area contributed by atoms with Crippen molar-refractivity contribution in [3.8, 4) is 0 Å². The summed E-state index contributed by atoms with van der Waals surface area (Å²) in [7, 11) is 1.16. The monoisotopic (exact) mass is 213 g/mol. The van der Waals surface area contributed by atoms with E-state index in [2.05, 4.69) is 0 Å². The number of benzene rings is 1. The Morgan fingerprint density at radius 2 is 2.00 bits per heavy atom. The first-order valence-electron chi connectivity index (χ1n) is 4.37. The molecule has 0 fully saturated rings. The third-order valence-corrected chi connectivity index (χ3v) is 2.67. The number of nitrogens with zero attached hydrogens (tertiary/aromatic N) is 1. The molecule has 1 amide bonds. The first-order chi connectivity index (χ1) is 6.99. The lowest BCUT2D eigenvalue weighted by molar-refractivity contribution is -0.171. The molecule has 1 unspecified atom stereocenters. The highest BCUT2D eigenvalue weighted by atomic mass is 19.3. The van der Waals surface area contributed by atoms with Crippen molar-refractivity contribution < 1.29 is 18.7 Å². The molecule has 0 saturated carbocycles. The molecular formula is C10H9F2NO2. The van der Waals surface area contributed by atoms with E-state index in [1.54, 1.807) is 6.07 Å². The summed E-state index contributed by atoms with van der Waals surface area (Å²) in [6.07, 6.45) is -3.03. The summed E-state index contributed by atoms with van der Waals surface area (Å²) in [4.78, 5) is 12.2. The van der Waals surface area contributed by atoms with E-state index < -0.39 is 18.1 Å². The molecule has 0 saturated heterocycles. The first-order valence-corrected chi connectivity index (χ1v) is 4.37. The SMILES string of the molecule is CN1C(=O)c2ccccc2C1(O)C(F)F. The summed E-state index contributed by atoms with van der Waals surface area (Å²) in [5, 5.41) is 9.81. The summed E-state index contributed by atoms with van der Waals surface area (Å²) in [5.74, 6) is -0.589. The lowest BCUT2D eigenvalue weighted by atomic mass is 10.0. The summed E-state index contributed by atoms with van der Waals surface area (Å²) >= 11 is 0. The fourth-order valence-electron chi connectivity index (χ4n) is 1.77. The molecule has 1 aliphatic heterocycles. The Hall–Kier alpha value is -1.49. The zero-order chi connectivity index (χ0) is 11.2. The van der Waals surface area contributed by atoms with Gasteiger partial charge in [0.1, 0.15) is 0 Å². The number of fused-ring (bicyclic) bond motifs is 1. The molecule has 0 radical (unpaired) electrons. The van der Waals surface area contributed by atoms with Gasteiger partial charge in [-0.05, 0) is 6.07 Å². The Bertz CT molecular complexity index is 422. The van der Waals surface area contributed by atoms with Gasteiger partial charge in [-0.1, -0.05) is 18.2 Å². The van der Waals surface area contributed by atoms with Crippen LogP contribution in [-0.2, 0) is 5.72 Å². The van der Waals surface area contributed by atoms with Gasteiger partial charge in [-0.3, -0.25) is 4.79 Å². The number of carbonyl (C=O) groups is 1. The van der Waals surface area contributed by atoms with Crippen LogP contribution in [-0.4, -0.2) is 29.4 Å². The molecule has 1 N–H and O–H groups in total. The molecule has 80 valence electrons. The van der Waals surface area contributed by atoms with E-state index in [4.69, 9.17) is 0 Å². The molecule has 0 aromatic heterocycles. The smallest absolute Gasteiger partial charge is 0.290 e. The van der Waals surface area contributed by atoms with E-state index in [1.807, 2.05) is 0 Å². The van der Waals surface area contributed by atoms with Gasteiger partial charge < -0.3 is 10.0 Å². The van der Waals surface area contributed by atoms with E-state index in [0.717, 1.165) is 7.05 Å². The van der Waals surface area contributed by atoms with Crippen LogP contribution in [0.15, 0.2) is 24.3 Å². The van der Waals surface area contributed by atoms with E-state index in [9.17, 15) is 18.7 Å². The molecule has 1 heterocycles. The summed E-state index contributed by atoms with van der Waals surface area (Å²) < 4.78 is 25.6. The molecule has 0 bridgehead atoms. The molecule has 3 nitrogen and oxygen atoms in total. The predicted octanol–water partition coefficient (Wildman–Crippen LogP) is 1.18. The van der Waals surface area contributed by atoms with Crippen LogP contribution in [0.1, 0.15) is 15.9 Å². The van der Waals surface area contributed by atoms with Gasteiger partial charge in [0.15, 0.2) is 0 Å². The number of hydrogen-bond donors (Lipinski definition) is 1. The van der Waals surface area contributed by atoms with E-state index >= 15 is 0 Å². The van der Waals surface area contributed by atoms with Crippen LogP contribution >= 0.6 is 0 Å². The molecule has 0 aliphatic carbocycles. The minimum absolute atomic E-state index is 0.0347. The number of amides is 1. The van der Waals surface area contributed by atoms with Crippen molar-refractivity contribution in [1.82, 2.24) is 4.90 Å². The standard InChI is InChI=1S/C10H9F2NO2/c1-13-8(14)6-4-2-3-5-7(6)10(13,15)9(11)12/h2-5,9,15H,1H3. The van der Waals surface area contributed by atoms with Crippen LogP contribution in [0.5, 0.6) is 0 Å². The highest BCUT2D eigenvalue weighted by Gasteiger charge is 2.53. The van der Waals surface area contributed by atoms with Gasteiger partial charge in [-0.15, -0.1) is 0 Å². The van der Waals surface area contributed by atoms with Crippen LogP contribution in [0.25, 0.3) is 0 Å².